The molecule has 3 heterocycles. The number of rotatable bonds is 6. The summed E-state index contributed by atoms with van der Waals surface area (Å²) in [5, 5.41) is 17.6. The second-order valence-electron chi connectivity index (χ2n) is 8.57. The molecule has 7 nitrogen and oxygen atoms in total. The Morgan fingerprint density at radius 2 is 1.75 bits per heavy atom. The molecule has 2 aromatic heterocycles. The van der Waals surface area contributed by atoms with Crippen LogP contribution in [0, 0.1) is 0 Å². The molecule has 36 heavy (non-hydrogen) atoms. The molecule has 0 saturated carbocycles. The minimum absolute atomic E-state index is 0.0771. The quantitative estimate of drug-likeness (QED) is 0.360. The Balaban J connectivity index is 1.54. The number of likely N-dealkylation sites (tertiary alicyclic amines) is 1. The number of nitrogens with zero attached hydrogens (tertiary/aromatic N) is 3. The number of carbonyl (C=O) groups excluding carboxylic acids is 1. The molecule has 1 fully saturated rings. The molecule has 4 aromatic rings. The highest BCUT2D eigenvalue weighted by molar-refractivity contribution is 6.09. The van der Waals surface area contributed by atoms with Gasteiger partial charge < -0.3 is 14.7 Å². The zero-order valence-corrected chi connectivity index (χ0v) is 19.3. The summed E-state index contributed by atoms with van der Waals surface area (Å²) >= 11 is 0. The summed E-state index contributed by atoms with van der Waals surface area (Å²) in [7, 11) is 0. The third kappa shape index (κ3) is 5.05. The predicted octanol–water partition coefficient (Wildman–Crippen LogP) is 5.73. The summed E-state index contributed by atoms with van der Waals surface area (Å²) in [6.07, 6.45) is 6.62. The van der Waals surface area contributed by atoms with E-state index >= 15 is 0 Å². The van der Waals surface area contributed by atoms with Gasteiger partial charge in [-0.2, -0.15) is 13.9 Å². The van der Waals surface area contributed by atoms with E-state index in [4.69, 9.17) is 0 Å². The van der Waals surface area contributed by atoms with Crippen molar-refractivity contribution in [2.75, 3.05) is 13.1 Å². The average molecular weight is 491 g/mol. The molecule has 5 rings (SSSR count). The van der Waals surface area contributed by atoms with Crippen LogP contribution < -0.4 is 4.74 Å². The smallest absolute Gasteiger partial charge is 0.387 e. The van der Waals surface area contributed by atoms with Gasteiger partial charge in [-0.3, -0.25) is 9.89 Å². The Morgan fingerprint density at radius 3 is 2.44 bits per heavy atom. The highest BCUT2D eigenvalue weighted by Gasteiger charge is 2.24. The molecule has 0 spiro atoms. The second kappa shape index (κ2) is 10.2. The van der Waals surface area contributed by atoms with Crippen LogP contribution in [0.25, 0.3) is 34.4 Å². The average Bonchev–Trinajstić information content (AvgIpc) is 3.31. The van der Waals surface area contributed by atoms with Gasteiger partial charge in [0.1, 0.15) is 11.5 Å². The number of aromatic hydroxyl groups is 1. The third-order valence-corrected chi connectivity index (χ3v) is 6.14. The van der Waals surface area contributed by atoms with Crippen molar-refractivity contribution in [3.8, 4) is 22.8 Å². The Bertz CT molecular complexity index is 1390. The van der Waals surface area contributed by atoms with Crippen LogP contribution in [0.5, 0.6) is 11.5 Å². The number of nitrogens with one attached hydrogen (secondary N) is 1. The van der Waals surface area contributed by atoms with E-state index in [1.807, 2.05) is 4.90 Å². The number of benzene rings is 2. The third-order valence-electron chi connectivity index (χ3n) is 6.14. The summed E-state index contributed by atoms with van der Waals surface area (Å²) in [6.45, 7) is -1.47. The van der Waals surface area contributed by atoms with E-state index in [9.17, 15) is 18.7 Å². The standard InChI is InChI=1S/C27H24F2N4O3/c28-27(29)36-20-11-4-17(5-12-20)6-13-22-24-21(26(35)33-14-2-1-3-15-33)16-23(30-25(24)32-31-22)18-7-9-19(34)10-8-18/h4-13,16,27,34H,1-3,14-15H2,(H,30,31,32)/b13-6+. The van der Waals surface area contributed by atoms with Crippen LogP contribution in [0.2, 0.25) is 0 Å². The Kier molecular flexibility index (Phi) is 6.62. The van der Waals surface area contributed by atoms with Crippen LogP contribution in [0.15, 0.2) is 54.6 Å². The molecule has 2 N–H and O–H groups in total. The van der Waals surface area contributed by atoms with Crippen LogP contribution >= 0.6 is 0 Å². The van der Waals surface area contributed by atoms with E-state index in [0.717, 1.165) is 30.4 Å². The number of hydrogen-bond acceptors (Lipinski definition) is 5. The highest BCUT2D eigenvalue weighted by Crippen LogP contribution is 2.29. The normalized spacial score (nSPS) is 14.1. The van der Waals surface area contributed by atoms with Crippen LogP contribution in [-0.4, -0.2) is 50.8 Å². The number of alkyl halides is 2. The number of H-pyrrole nitrogens is 1. The van der Waals surface area contributed by atoms with Crippen molar-refractivity contribution in [1.82, 2.24) is 20.1 Å². The topological polar surface area (TPSA) is 91.3 Å². The number of aromatic nitrogens is 3. The van der Waals surface area contributed by atoms with E-state index in [0.29, 0.717) is 41.1 Å². The Labute approximate surface area is 206 Å². The van der Waals surface area contributed by atoms with Gasteiger partial charge in [0, 0.05) is 18.7 Å². The molecular weight excluding hydrogens is 466 g/mol. The van der Waals surface area contributed by atoms with Crippen LogP contribution in [-0.2, 0) is 0 Å². The lowest BCUT2D eigenvalue weighted by molar-refractivity contribution is -0.0498. The number of halogens is 2. The molecule has 184 valence electrons. The van der Waals surface area contributed by atoms with Gasteiger partial charge in [0.25, 0.3) is 5.91 Å². The SMILES string of the molecule is O=C(c1cc(-c2ccc(O)cc2)nc2n[nH]c(/C=C/c3ccc(OC(F)F)cc3)c12)N1CCCCC1. The maximum Gasteiger partial charge on any atom is 0.387 e. The van der Waals surface area contributed by atoms with Gasteiger partial charge >= 0.3 is 6.61 Å². The maximum atomic E-state index is 13.6. The molecule has 0 aliphatic carbocycles. The number of carbonyl (C=O) groups is 1. The molecule has 1 aliphatic rings. The molecule has 1 saturated heterocycles. The van der Waals surface area contributed by atoms with E-state index in [2.05, 4.69) is 19.9 Å². The molecular formula is C27H24F2N4O3. The van der Waals surface area contributed by atoms with Crippen LogP contribution in [0.3, 0.4) is 0 Å². The fourth-order valence-corrected chi connectivity index (χ4v) is 4.32. The largest absolute Gasteiger partial charge is 0.508 e. The van der Waals surface area contributed by atoms with Gasteiger partial charge in [-0.1, -0.05) is 18.2 Å². The van der Waals surface area contributed by atoms with Crippen molar-refractivity contribution < 1.29 is 23.4 Å². The number of hydrogen-bond donors (Lipinski definition) is 2. The Morgan fingerprint density at radius 1 is 1.03 bits per heavy atom. The van der Waals surface area contributed by atoms with E-state index in [1.54, 1.807) is 54.6 Å². The predicted molar refractivity (Wildman–Crippen MR) is 133 cm³/mol. The van der Waals surface area contributed by atoms with Gasteiger partial charge in [-0.15, -0.1) is 0 Å². The highest BCUT2D eigenvalue weighted by atomic mass is 19.3. The summed E-state index contributed by atoms with van der Waals surface area (Å²) < 4.78 is 29.2. The fraction of sp³-hybridized carbons (Fsp3) is 0.222. The lowest BCUT2D eigenvalue weighted by atomic mass is 10.0. The number of pyridine rings is 1. The van der Waals surface area contributed by atoms with Gasteiger partial charge in [-0.05, 0) is 73.4 Å². The first-order chi connectivity index (χ1) is 17.5. The number of aromatic amines is 1. The minimum Gasteiger partial charge on any atom is -0.508 e. The van der Waals surface area contributed by atoms with Gasteiger partial charge in [0.15, 0.2) is 5.65 Å². The lowest BCUT2D eigenvalue weighted by Gasteiger charge is -2.27. The van der Waals surface area contributed by atoms with Crippen molar-refractivity contribution in [1.29, 1.82) is 0 Å². The monoisotopic (exact) mass is 490 g/mol. The maximum absolute atomic E-state index is 13.6. The Hall–Kier alpha value is -4.27. The molecule has 0 radical (unpaired) electrons. The second-order valence-corrected chi connectivity index (χ2v) is 8.57. The lowest BCUT2D eigenvalue weighted by Crippen LogP contribution is -2.35. The minimum atomic E-state index is -2.88. The van der Waals surface area contributed by atoms with Crippen molar-refractivity contribution in [3.63, 3.8) is 0 Å². The number of amides is 1. The number of piperidine rings is 1. The first-order valence-corrected chi connectivity index (χ1v) is 11.7. The first kappa shape index (κ1) is 23.5. The van der Waals surface area contributed by atoms with Gasteiger partial charge in [0.2, 0.25) is 0 Å². The van der Waals surface area contributed by atoms with E-state index in [1.165, 1.54) is 12.1 Å². The molecule has 1 amide bonds. The summed E-state index contributed by atoms with van der Waals surface area (Å²) in [5.74, 6) is 0.145. The van der Waals surface area contributed by atoms with Crippen molar-refractivity contribution in [3.05, 3.63) is 71.4 Å². The molecule has 0 unspecified atom stereocenters. The van der Waals surface area contributed by atoms with Crippen molar-refractivity contribution in [2.45, 2.75) is 25.9 Å². The molecule has 0 atom stereocenters. The number of phenols is 1. The summed E-state index contributed by atoms with van der Waals surface area (Å²) in [6, 6.07) is 14.7. The van der Waals surface area contributed by atoms with E-state index < -0.39 is 6.61 Å². The number of fused-ring (bicyclic) bond motifs is 1. The zero-order valence-electron chi connectivity index (χ0n) is 19.3. The van der Waals surface area contributed by atoms with Gasteiger partial charge in [0.05, 0.1) is 22.3 Å². The van der Waals surface area contributed by atoms with Gasteiger partial charge in [-0.25, -0.2) is 4.98 Å². The first-order valence-electron chi connectivity index (χ1n) is 11.7. The van der Waals surface area contributed by atoms with Crippen molar-refractivity contribution in [2.24, 2.45) is 0 Å². The number of ether oxygens (including phenoxy) is 1. The van der Waals surface area contributed by atoms with Crippen molar-refractivity contribution >= 4 is 29.1 Å². The summed E-state index contributed by atoms with van der Waals surface area (Å²) in [5.41, 5.74) is 3.62. The zero-order chi connectivity index (χ0) is 25.1. The van der Waals surface area contributed by atoms with Crippen LogP contribution in [0.1, 0.15) is 40.9 Å². The van der Waals surface area contributed by atoms with Crippen LogP contribution in [0.4, 0.5) is 8.78 Å². The number of phenolic OH excluding ortho intramolecular Hbond substituents is 1. The van der Waals surface area contributed by atoms with E-state index in [-0.39, 0.29) is 17.4 Å². The molecule has 9 heteroatoms. The fourth-order valence-electron chi connectivity index (χ4n) is 4.32. The molecule has 1 aliphatic heterocycles. The molecule has 2 aromatic carbocycles. The molecule has 0 bridgehead atoms. The summed E-state index contributed by atoms with van der Waals surface area (Å²) in [4.78, 5) is 20.1.